The Morgan fingerprint density at radius 3 is 2.33 bits per heavy atom. The summed E-state index contributed by atoms with van der Waals surface area (Å²) >= 11 is 0. The summed E-state index contributed by atoms with van der Waals surface area (Å²) < 4.78 is 5.20. The van der Waals surface area contributed by atoms with Crippen LogP contribution in [0.5, 0.6) is 0 Å². The third kappa shape index (κ3) is 5.48. The number of benzene rings is 1. The van der Waals surface area contributed by atoms with Crippen LogP contribution in [0.1, 0.15) is 51.8 Å². The van der Waals surface area contributed by atoms with Crippen LogP contribution in [0.15, 0.2) is 24.3 Å². The highest BCUT2D eigenvalue weighted by Gasteiger charge is 2.16. The minimum absolute atomic E-state index is 0.0879. The van der Waals surface area contributed by atoms with Gasteiger partial charge in [-0.15, -0.1) is 0 Å². The molecule has 0 heterocycles. The van der Waals surface area contributed by atoms with Crippen molar-refractivity contribution >= 4 is 5.91 Å². The first kappa shape index (κ1) is 17.7. The first-order valence-electron chi connectivity index (χ1n) is 7.43. The molecule has 0 bridgehead atoms. The summed E-state index contributed by atoms with van der Waals surface area (Å²) in [6, 6.07) is 7.85. The van der Waals surface area contributed by atoms with Gasteiger partial charge in [-0.2, -0.15) is 0 Å². The quantitative estimate of drug-likeness (QED) is 0.847. The molecule has 4 nitrogen and oxygen atoms in total. The smallest absolute Gasteiger partial charge is 0.248 e. The molecule has 2 N–H and O–H groups in total. The van der Waals surface area contributed by atoms with E-state index in [1.165, 1.54) is 5.56 Å². The van der Waals surface area contributed by atoms with Crippen molar-refractivity contribution < 1.29 is 14.6 Å². The lowest BCUT2D eigenvalue weighted by Gasteiger charge is -2.20. The van der Waals surface area contributed by atoms with E-state index in [4.69, 9.17) is 4.74 Å². The lowest BCUT2D eigenvalue weighted by molar-refractivity contribution is -0.131. The van der Waals surface area contributed by atoms with Crippen molar-refractivity contribution in [2.24, 2.45) is 0 Å². The van der Waals surface area contributed by atoms with Crippen molar-refractivity contribution in [3.63, 3.8) is 0 Å². The Hall–Kier alpha value is -1.39. The van der Waals surface area contributed by atoms with Gasteiger partial charge in [0.25, 0.3) is 0 Å². The summed E-state index contributed by atoms with van der Waals surface area (Å²) in [5, 5.41) is 12.8. The topological polar surface area (TPSA) is 58.6 Å². The van der Waals surface area contributed by atoms with Crippen LogP contribution < -0.4 is 5.32 Å². The van der Waals surface area contributed by atoms with E-state index >= 15 is 0 Å². The lowest BCUT2D eigenvalue weighted by Crippen LogP contribution is -2.37. The van der Waals surface area contributed by atoms with Crippen molar-refractivity contribution in [3.8, 4) is 0 Å². The van der Waals surface area contributed by atoms with Crippen molar-refractivity contribution in [1.29, 1.82) is 0 Å². The molecule has 0 spiro atoms. The molecule has 0 unspecified atom stereocenters. The van der Waals surface area contributed by atoms with Crippen molar-refractivity contribution in [3.05, 3.63) is 35.4 Å². The maximum absolute atomic E-state index is 11.7. The molecule has 0 aliphatic carbocycles. The Morgan fingerprint density at radius 1 is 1.29 bits per heavy atom. The van der Waals surface area contributed by atoms with Gasteiger partial charge in [0.1, 0.15) is 6.10 Å². The van der Waals surface area contributed by atoms with Gasteiger partial charge < -0.3 is 15.2 Å². The predicted octanol–water partition coefficient (Wildman–Crippen LogP) is 2.56. The van der Waals surface area contributed by atoms with Crippen LogP contribution in [0.25, 0.3) is 0 Å². The largest absolute Gasteiger partial charge is 0.387 e. The molecule has 2 atom stereocenters. The van der Waals surface area contributed by atoms with Gasteiger partial charge in [-0.25, -0.2) is 0 Å². The molecular formula is C17H27NO3. The molecule has 118 valence electrons. The van der Waals surface area contributed by atoms with Crippen LogP contribution in [-0.4, -0.2) is 30.3 Å². The second-order valence-corrected chi connectivity index (χ2v) is 6.23. The lowest BCUT2D eigenvalue weighted by atomic mass is 9.86. The summed E-state index contributed by atoms with van der Waals surface area (Å²) in [5.41, 5.74) is 2.10. The monoisotopic (exact) mass is 293 g/mol. The molecule has 0 saturated carbocycles. The standard InChI is InChI=1S/C17H27NO3/c1-6-21-12(2)16(20)18-11-15(19)13-7-9-14(10-8-13)17(3,4)5/h7-10,12,15,19H,6,11H2,1-5H3,(H,18,20)/t12-,15+/m1/s1. The number of rotatable bonds is 6. The van der Waals surface area contributed by atoms with Gasteiger partial charge in [-0.3, -0.25) is 4.79 Å². The maximum Gasteiger partial charge on any atom is 0.248 e. The van der Waals surface area contributed by atoms with E-state index in [0.717, 1.165) is 5.56 Å². The van der Waals surface area contributed by atoms with E-state index < -0.39 is 12.2 Å². The zero-order valence-electron chi connectivity index (χ0n) is 13.6. The Kier molecular flexibility index (Phi) is 6.37. The molecule has 1 aromatic rings. The number of aliphatic hydroxyl groups excluding tert-OH is 1. The average molecular weight is 293 g/mol. The molecule has 1 rings (SSSR count). The minimum atomic E-state index is -0.711. The van der Waals surface area contributed by atoms with Gasteiger partial charge >= 0.3 is 0 Å². The fourth-order valence-corrected chi connectivity index (χ4v) is 1.99. The Morgan fingerprint density at radius 2 is 1.86 bits per heavy atom. The number of ether oxygens (including phenoxy) is 1. The number of hydrogen-bond donors (Lipinski definition) is 2. The van der Waals surface area contributed by atoms with Crippen molar-refractivity contribution in [1.82, 2.24) is 5.32 Å². The van der Waals surface area contributed by atoms with Crippen molar-refractivity contribution in [2.45, 2.75) is 52.2 Å². The highest BCUT2D eigenvalue weighted by atomic mass is 16.5. The van der Waals surface area contributed by atoms with Gasteiger partial charge in [0.2, 0.25) is 5.91 Å². The number of carbonyl (C=O) groups is 1. The molecule has 0 fully saturated rings. The molecule has 0 radical (unpaired) electrons. The first-order valence-corrected chi connectivity index (χ1v) is 7.43. The number of aliphatic hydroxyl groups is 1. The van der Waals surface area contributed by atoms with Crippen molar-refractivity contribution in [2.75, 3.05) is 13.2 Å². The maximum atomic E-state index is 11.7. The Bertz CT molecular complexity index is 448. The number of hydrogen-bond acceptors (Lipinski definition) is 3. The van der Waals surface area contributed by atoms with E-state index in [1.807, 2.05) is 31.2 Å². The fraction of sp³-hybridized carbons (Fsp3) is 0.588. The summed E-state index contributed by atoms with van der Waals surface area (Å²) in [6.07, 6.45) is -1.21. The number of nitrogens with one attached hydrogen (secondary N) is 1. The van der Waals surface area contributed by atoms with Crippen LogP contribution in [0.4, 0.5) is 0 Å². The van der Waals surface area contributed by atoms with Crippen LogP contribution in [0, 0.1) is 0 Å². The van der Waals surface area contributed by atoms with Crippen LogP contribution in [-0.2, 0) is 14.9 Å². The summed E-state index contributed by atoms with van der Waals surface area (Å²) in [6.45, 7) is 10.7. The van der Waals surface area contributed by atoms with E-state index in [1.54, 1.807) is 6.92 Å². The summed E-state index contributed by atoms with van der Waals surface area (Å²) in [4.78, 5) is 11.7. The average Bonchev–Trinajstić information content (AvgIpc) is 2.43. The van der Waals surface area contributed by atoms with E-state index in [9.17, 15) is 9.90 Å². The zero-order valence-corrected chi connectivity index (χ0v) is 13.6. The molecular weight excluding hydrogens is 266 g/mol. The van der Waals surface area contributed by atoms with Crippen LogP contribution >= 0.6 is 0 Å². The molecule has 1 amide bonds. The second kappa shape index (κ2) is 7.57. The number of carbonyl (C=O) groups excluding carboxylic acids is 1. The van der Waals surface area contributed by atoms with Gasteiger partial charge in [-0.05, 0) is 30.4 Å². The summed E-state index contributed by atoms with van der Waals surface area (Å²) in [5.74, 6) is -0.206. The van der Waals surface area contributed by atoms with Gasteiger partial charge in [0, 0.05) is 13.2 Å². The van der Waals surface area contributed by atoms with Gasteiger partial charge in [0.05, 0.1) is 6.10 Å². The predicted molar refractivity (Wildman–Crippen MR) is 84.2 cm³/mol. The van der Waals surface area contributed by atoms with E-state index in [-0.39, 0.29) is 17.9 Å². The first-order chi connectivity index (χ1) is 9.75. The Labute approximate surface area is 127 Å². The highest BCUT2D eigenvalue weighted by Crippen LogP contribution is 2.23. The summed E-state index contributed by atoms with van der Waals surface area (Å²) in [7, 11) is 0. The third-order valence-electron chi connectivity index (χ3n) is 3.42. The highest BCUT2D eigenvalue weighted by molar-refractivity contribution is 5.80. The second-order valence-electron chi connectivity index (χ2n) is 6.23. The van der Waals surface area contributed by atoms with E-state index in [0.29, 0.717) is 6.61 Å². The molecule has 4 heteroatoms. The van der Waals surface area contributed by atoms with Gasteiger partial charge in [-0.1, -0.05) is 45.0 Å². The molecule has 1 aromatic carbocycles. The van der Waals surface area contributed by atoms with E-state index in [2.05, 4.69) is 26.1 Å². The van der Waals surface area contributed by atoms with Crippen LogP contribution in [0.2, 0.25) is 0 Å². The zero-order chi connectivity index (χ0) is 16.0. The molecule has 0 aliphatic heterocycles. The van der Waals surface area contributed by atoms with Gasteiger partial charge in [0.15, 0.2) is 0 Å². The molecule has 0 aromatic heterocycles. The normalized spacial score (nSPS) is 14.6. The molecule has 0 aliphatic rings. The molecule has 21 heavy (non-hydrogen) atoms. The Balaban J connectivity index is 2.56. The van der Waals surface area contributed by atoms with Crippen LogP contribution in [0.3, 0.4) is 0 Å². The molecule has 0 saturated heterocycles. The fourth-order valence-electron chi connectivity index (χ4n) is 1.99. The third-order valence-corrected chi connectivity index (χ3v) is 3.42. The SMILES string of the molecule is CCO[C@H](C)C(=O)NC[C@H](O)c1ccc(C(C)(C)C)cc1. The number of amides is 1. The minimum Gasteiger partial charge on any atom is -0.387 e.